The van der Waals surface area contributed by atoms with Crippen LogP contribution in [0.25, 0.3) is 0 Å². The van der Waals surface area contributed by atoms with E-state index in [1.807, 2.05) is 25.1 Å². The second-order valence-electron chi connectivity index (χ2n) is 4.49. The zero-order chi connectivity index (χ0) is 12.0. The molecule has 0 saturated heterocycles. The maximum atomic E-state index is 11.5. The maximum Gasteiger partial charge on any atom is 0.133 e. The van der Waals surface area contributed by atoms with Crippen molar-refractivity contribution >= 4 is 5.78 Å². The van der Waals surface area contributed by atoms with Gasteiger partial charge in [0.1, 0.15) is 5.78 Å². The second kappa shape index (κ2) is 6.26. The Morgan fingerprint density at radius 1 is 1.25 bits per heavy atom. The molecule has 0 heterocycles. The second-order valence-corrected chi connectivity index (χ2v) is 4.49. The minimum Gasteiger partial charge on any atom is -0.300 e. The molecular formula is C15H20O. The normalized spacial score (nSPS) is 12.1. The number of rotatable bonds is 6. The fourth-order valence-electron chi connectivity index (χ4n) is 1.77. The number of hydrogen-bond donors (Lipinski definition) is 0. The zero-order valence-electron chi connectivity index (χ0n) is 10.2. The van der Waals surface area contributed by atoms with Crippen LogP contribution in [-0.4, -0.2) is 5.78 Å². The van der Waals surface area contributed by atoms with Gasteiger partial charge in [-0.25, -0.2) is 0 Å². The van der Waals surface area contributed by atoms with Gasteiger partial charge in [-0.05, 0) is 38.7 Å². The third-order valence-electron chi connectivity index (χ3n) is 2.82. The average Bonchev–Trinajstić information content (AvgIpc) is 2.25. The van der Waals surface area contributed by atoms with Crippen LogP contribution in [0.1, 0.15) is 32.3 Å². The fourth-order valence-corrected chi connectivity index (χ4v) is 1.77. The topological polar surface area (TPSA) is 17.1 Å². The molecule has 1 nitrogen and oxygen atoms in total. The van der Waals surface area contributed by atoms with Crippen molar-refractivity contribution in [3.8, 4) is 0 Å². The van der Waals surface area contributed by atoms with Gasteiger partial charge in [-0.3, -0.25) is 4.79 Å². The molecule has 86 valence electrons. The number of carbonyl (C=O) groups excluding carboxylic acids is 1. The molecule has 0 amide bonds. The van der Waals surface area contributed by atoms with E-state index in [0.717, 1.165) is 24.8 Å². The standard InChI is InChI=1S/C15H20O/c1-12(2)9-10-15(13(3)16)11-14-7-5-4-6-8-14/h4-8,15H,1,9-11H2,2-3H3. The first-order valence-corrected chi connectivity index (χ1v) is 5.78. The monoisotopic (exact) mass is 216 g/mol. The lowest BCUT2D eigenvalue weighted by atomic mass is 9.90. The third kappa shape index (κ3) is 4.43. The summed E-state index contributed by atoms with van der Waals surface area (Å²) in [5.41, 5.74) is 2.39. The molecule has 0 aromatic heterocycles. The molecule has 0 N–H and O–H groups in total. The highest BCUT2D eigenvalue weighted by atomic mass is 16.1. The number of hydrogen-bond acceptors (Lipinski definition) is 1. The van der Waals surface area contributed by atoms with Gasteiger partial charge in [-0.1, -0.05) is 35.9 Å². The Balaban J connectivity index is 2.58. The lowest BCUT2D eigenvalue weighted by Gasteiger charge is -2.13. The zero-order valence-corrected chi connectivity index (χ0v) is 10.2. The van der Waals surface area contributed by atoms with Gasteiger partial charge in [0.05, 0.1) is 0 Å². The highest BCUT2D eigenvalue weighted by Gasteiger charge is 2.14. The maximum absolute atomic E-state index is 11.5. The van der Waals surface area contributed by atoms with E-state index in [-0.39, 0.29) is 11.7 Å². The predicted molar refractivity (Wildman–Crippen MR) is 68.4 cm³/mol. The molecule has 1 aromatic rings. The molecule has 0 spiro atoms. The van der Waals surface area contributed by atoms with E-state index in [1.54, 1.807) is 6.92 Å². The first-order valence-electron chi connectivity index (χ1n) is 5.78. The first kappa shape index (κ1) is 12.7. The molecule has 0 fully saturated rings. The van der Waals surface area contributed by atoms with Crippen LogP contribution in [0, 0.1) is 5.92 Å². The molecule has 1 atom stereocenters. The Bertz CT molecular complexity index is 351. The molecule has 0 aliphatic carbocycles. The molecule has 16 heavy (non-hydrogen) atoms. The molecule has 0 aliphatic rings. The van der Waals surface area contributed by atoms with Gasteiger partial charge in [0, 0.05) is 5.92 Å². The van der Waals surface area contributed by atoms with Gasteiger partial charge in [-0.2, -0.15) is 0 Å². The largest absolute Gasteiger partial charge is 0.300 e. The van der Waals surface area contributed by atoms with Crippen LogP contribution in [0.4, 0.5) is 0 Å². The van der Waals surface area contributed by atoms with E-state index in [2.05, 4.69) is 18.7 Å². The predicted octanol–water partition coefficient (Wildman–Crippen LogP) is 3.79. The van der Waals surface area contributed by atoms with Crippen molar-refractivity contribution in [3.63, 3.8) is 0 Å². The summed E-state index contributed by atoms with van der Waals surface area (Å²) in [5, 5.41) is 0. The van der Waals surface area contributed by atoms with Crippen LogP contribution in [0.2, 0.25) is 0 Å². The lowest BCUT2D eigenvalue weighted by molar-refractivity contribution is -0.120. The van der Waals surface area contributed by atoms with E-state index in [0.29, 0.717) is 0 Å². The summed E-state index contributed by atoms with van der Waals surface area (Å²) >= 11 is 0. The molecule has 0 radical (unpaired) electrons. The Hall–Kier alpha value is -1.37. The fraction of sp³-hybridized carbons (Fsp3) is 0.400. The molecule has 0 saturated carbocycles. The summed E-state index contributed by atoms with van der Waals surface area (Å²) < 4.78 is 0. The Morgan fingerprint density at radius 2 is 1.88 bits per heavy atom. The molecule has 1 unspecified atom stereocenters. The summed E-state index contributed by atoms with van der Waals surface area (Å²) in [6.07, 6.45) is 2.71. The van der Waals surface area contributed by atoms with Gasteiger partial charge >= 0.3 is 0 Å². The Labute approximate surface area is 98.2 Å². The first-order chi connectivity index (χ1) is 7.59. The van der Waals surface area contributed by atoms with Crippen LogP contribution in [0.15, 0.2) is 42.5 Å². The SMILES string of the molecule is C=C(C)CCC(Cc1ccccc1)C(C)=O. The van der Waals surface area contributed by atoms with Crippen LogP contribution in [-0.2, 0) is 11.2 Å². The molecule has 1 rings (SSSR count). The van der Waals surface area contributed by atoms with E-state index in [9.17, 15) is 4.79 Å². The molecule has 1 aromatic carbocycles. The van der Waals surface area contributed by atoms with Crippen LogP contribution >= 0.6 is 0 Å². The smallest absolute Gasteiger partial charge is 0.133 e. The quantitative estimate of drug-likeness (QED) is 0.661. The molecule has 0 bridgehead atoms. The van der Waals surface area contributed by atoms with Crippen molar-refractivity contribution in [2.75, 3.05) is 0 Å². The van der Waals surface area contributed by atoms with Crippen molar-refractivity contribution in [2.24, 2.45) is 5.92 Å². The number of ketones is 1. The summed E-state index contributed by atoms with van der Waals surface area (Å²) in [7, 11) is 0. The van der Waals surface area contributed by atoms with Gasteiger partial charge in [0.2, 0.25) is 0 Å². The van der Waals surface area contributed by atoms with Crippen molar-refractivity contribution < 1.29 is 4.79 Å². The highest BCUT2D eigenvalue weighted by molar-refractivity contribution is 5.78. The van der Waals surface area contributed by atoms with Crippen molar-refractivity contribution in [1.82, 2.24) is 0 Å². The van der Waals surface area contributed by atoms with E-state index < -0.39 is 0 Å². The van der Waals surface area contributed by atoms with Crippen molar-refractivity contribution in [2.45, 2.75) is 33.1 Å². The summed E-state index contributed by atoms with van der Waals surface area (Å²) in [5.74, 6) is 0.421. The van der Waals surface area contributed by atoms with Gasteiger partial charge < -0.3 is 0 Å². The lowest BCUT2D eigenvalue weighted by Crippen LogP contribution is -2.14. The average molecular weight is 216 g/mol. The molecular weight excluding hydrogens is 196 g/mol. The summed E-state index contributed by atoms with van der Waals surface area (Å²) in [4.78, 5) is 11.5. The third-order valence-corrected chi connectivity index (χ3v) is 2.82. The summed E-state index contributed by atoms with van der Waals surface area (Å²) in [6, 6.07) is 10.2. The number of carbonyl (C=O) groups is 1. The molecule has 0 aliphatic heterocycles. The number of Topliss-reactive ketones (excluding diaryl/α,β-unsaturated/α-hetero) is 1. The Kier molecular flexibility index (Phi) is 4.97. The minimum absolute atomic E-state index is 0.138. The van der Waals surface area contributed by atoms with E-state index >= 15 is 0 Å². The highest BCUT2D eigenvalue weighted by Crippen LogP contribution is 2.17. The van der Waals surface area contributed by atoms with Crippen molar-refractivity contribution in [3.05, 3.63) is 48.0 Å². The van der Waals surface area contributed by atoms with Crippen LogP contribution < -0.4 is 0 Å². The van der Waals surface area contributed by atoms with Crippen molar-refractivity contribution in [1.29, 1.82) is 0 Å². The van der Waals surface area contributed by atoms with Crippen LogP contribution in [0.5, 0.6) is 0 Å². The number of benzene rings is 1. The van der Waals surface area contributed by atoms with Gasteiger partial charge in [0.25, 0.3) is 0 Å². The van der Waals surface area contributed by atoms with Gasteiger partial charge in [0.15, 0.2) is 0 Å². The molecule has 1 heteroatoms. The number of allylic oxidation sites excluding steroid dienone is 1. The van der Waals surface area contributed by atoms with Crippen LogP contribution in [0.3, 0.4) is 0 Å². The van der Waals surface area contributed by atoms with E-state index in [4.69, 9.17) is 0 Å². The minimum atomic E-state index is 0.138. The van der Waals surface area contributed by atoms with Gasteiger partial charge in [-0.15, -0.1) is 6.58 Å². The summed E-state index contributed by atoms with van der Waals surface area (Å²) in [6.45, 7) is 7.58. The van der Waals surface area contributed by atoms with E-state index in [1.165, 1.54) is 5.56 Å². The Morgan fingerprint density at radius 3 is 2.38 bits per heavy atom.